The molecule has 0 radical (unpaired) electrons. The van der Waals surface area contributed by atoms with Gasteiger partial charge in [0.1, 0.15) is 0 Å². The van der Waals surface area contributed by atoms with Crippen LogP contribution in [0.1, 0.15) is 47.4 Å². The fraction of sp³-hybridized carbons (Fsp3) is 0.500. The van der Waals surface area contributed by atoms with Gasteiger partial charge in [0.05, 0.1) is 11.3 Å². The number of hydrogen-bond donors (Lipinski definition) is 1. The van der Waals surface area contributed by atoms with Crippen LogP contribution in [0.4, 0.5) is 13.2 Å². The molecule has 168 valence electrons. The van der Waals surface area contributed by atoms with Crippen LogP contribution in [-0.4, -0.2) is 47.8 Å². The maximum absolute atomic E-state index is 13.1. The second kappa shape index (κ2) is 8.82. The highest BCUT2D eigenvalue weighted by molar-refractivity contribution is 5.92. The molecule has 0 saturated heterocycles. The quantitative estimate of drug-likeness (QED) is 0.754. The normalized spacial score (nSPS) is 16.0. The molecule has 0 aliphatic heterocycles. The molecule has 1 aliphatic carbocycles. The van der Waals surface area contributed by atoms with Gasteiger partial charge in [0.2, 0.25) is 5.43 Å². The van der Waals surface area contributed by atoms with E-state index in [-0.39, 0.29) is 16.8 Å². The molecular formula is C22H27F3N4O2. The van der Waals surface area contributed by atoms with Gasteiger partial charge in [0.25, 0.3) is 5.91 Å². The van der Waals surface area contributed by atoms with Crippen molar-refractivity contribution in [3.63, 3.8) is 0 Å². The second-order valence-electron chi connectivity index (χ2n) is 8.59. The van der Waals surface area contributed by atoms with Gasteiger partial charge in [-0.15, -0.1) is 0 Å². The number of halogens is 3. The molecule has 9 heteroatoms. The second-order valence-corrected chi connectivity index (χ2v) is 8.59. The Morgan fingerprint density at radius 3 is 2.52 bits per heavy atom. The van der Waals surface area contributed by atoms with Crippen molar-refractivity contribution in [1.82, 2.24) is 20.0 Å². The van der Waals surface area contributed by atoms with Crippen molar-refractivity contribution in [2.45, 2.75) is 38.8 Å². The Hall–Kier alpha value is -2.68. The highest BCUT2D eigenvalue weighted by Crippen LogP contribution is 2.38. The fourth-order valence-electron chi connectivity index (χ4n) is 4.32. The lowest BCUT2D eigenvalue weighted by Crippen LogP contribution is -2.43. The number of benzene rings is 1. The summed E-state index contributed by atoms with van der Waals surface area (Å²) in [6, 6.07) is 5.83. The molecule has 1 N–H and O–H groups in total. The van der Waals surface area contributed by atoms with Gasteiger partial charge in [-0.3, -0.25) is 9.59 Å². The Morgan fingerprint density at radius 2 is 1.90 bits per heavy atom. The van der Waals surface area contributed by atoms with E-state index in [1.807, 2.05) is 14.1 Å². The lowest BCUT2D eigenvalue weighted by atomic mass is 9.85. The maximum Gasteiger partial charge on any atom is 0.416 e. The van der Waals surface area contributed by atoms with E-state index in [2.05, 4.69) is 15.3 Å². The molecule has 0 atom stereocenters. The molecule has 1 saturated carbocycles. The van der Waals surface area contributed by atoms with Crippen molar-refractivity contribution >= 4 is 5.91 Å². The largest absolute Gasteiger partial charge is 0.416 e. The minimum absolute atomic E-state index is 0.0517. The van der Waals surface area contributed by atoms with E-state index >= 15 is 0 Å². The molecule has 1 aromatic carbocycles. The third-order valence-corrected chi connectivity index (χ3v) is 5.68. The first-order valence-electron chi connectivity index (χ1n) is 10.2. The standard InChI is InChI=1S/C22H27F3N4O2/c1-15-11-18(30)19(20(31)26-13-21(14-28(2)3)9-4-5-10-21)27-29(15)17-8-6-7-16(12-17)22(23,24)25/h6-8,11-12H,4-5,9-10,13-14H2,1-3H3,(H,26,31). The van der Waals surface area contributed by atoms with Crippen LogP contribution in [0.2, 0.25) is 0 Å². The monoisotopic (exact) mass is 436 g/mol. The lowest BCUT2D eigenvalue weighted by Gasteiger charge is -2.32. The SMILES string of the molecule is Cc1cc(=O)c(C(=O)NCC2(CN(C)C)CCCC2)nn1-c1cccc(C(F)(F)F)c1. The number of rotatable bonds is 6. The number of nitrogens with one attached hydrogen (secondary N) is 1. The Kier molecular flexibility index (Phi) is 6.54. The van der Waals surface area contributed by atoms with Gasteiger partial charge in [-0.05, 0) is 52.1 Å². The number of alkyl halides is 3. The zero-order chi connectivity index (χ0) is 22.8. The molecule has 1 amide bonds. The van der Waals surface area contributed by atoms with E-state index < -0.39 is 23.1 Å². The fourth-order valence-corrected chi connectivity index (χ4v) is 4.32. The summed E-state index contributed by atoms with van der Waals surface area (Å²) in [5.41, 5.74) is -1.32. The van der Waals surface area contributed by atoms with Crippen LogP contribution in [0.25, 0.3) is 5.69 Å². The van der Waals surface area contributed by atoms with Crippen LogP contribution in [0.5, 0.6) is 0 Å². The maximum atomic E-state index is 13.1. The summed E-state index contributed by atoms with van der Waals surface area (Å²) < 4.78 is 40.4. The molecule has 1 aromatic heterocycles. The van der Waals surface area contributed by atoms with Gasteiger partial charge >= 0.3 is 6.18 Å². The molecule has 3 rings (SSSR count). The topological polar surface area (TPSA) is 67.2 Å². The van der Waals surface area contributed by atoms with Gasteiger partial charge in [-0.25, -0.2) is 4.68 Å². The lowest BCUT2D eigenvalue weighted by molar-refractivity contribution is -0.137. The summed E-state index contributed by atoms with van der Waals surface area (Å²) >= 11 is 0. The van der Waals surface area contributed by atoms with Crippen LogP contribution in [0.15, 0.2) is 35.1 Å². The summed E-state index contributed by atoms with van der Waals surface area (Å²) in [4.78, 5) is 27.3. The van der Waals surface area contributed by atoms with Crippen molar-refractivity contribution in [3.05, 3.63) is 57.5 Å². The minimum Gasteiger partial charge on any atom is -0.350 e. The summed E-state index contributed by atoms with van der Waals surface area (Å²) in [5.74, 6) is -0.615. The number of carbonyl (C=O) groups excluding carboxylic acids is 1. The predicted octanol–water partition coefficient (Wildman–Crippen LogP) is 3.41. The highest BCUT2D eigenvalue weighted by Gasteiger charge is 2.35. The molecule has 0 unspecified atom stereocenters. The minimum atomic E-state index is -4.51. The van der Waals surface area contributed by atoms with Crippen LogP contribution in [0.3, 0.4) is 0 Å². The van der Waals surface area contributed by atoms with Crippen molar-refractivity contribution in [3.8, 4) is 5.69 Å². The molecule has 1 aliphatic rings. The first-order chi connectivity index (χ1) is 14.5. The summed E-state index contributed by atoms with van der Waals surface area (Å²) in [7, 11) is 3.97. The van der Waals surface area contributed by atoms with Crippen molar-refractivity contribution < 1.29 is 18.0 Å². The van der Waals surface area contributed by atoms with Crippen LogP contribution in [0, 0.1) is 12.3 Å². The van der Waals surface area contributed by atoms with Gasteiger partial charge in [-0.2, -0.15) is 18.3 Å². The average molecular weight is 436 g/mol. The molecule has 6 nitrogen and oxygen atoms in total. The first kappa shape index (κ1) is 23.0. The van der Waals surface area contributed by atoms with Crippen molar-refractivity contribution in [2.75, 3.05) is 27.2 Å². The Balaban J connectivity index is 1.87. The molecule has 0 spiro atoms. The third kappa shape index (κ3) is 5.33. The molecule has 31 heavy (non-hydrogen) atoms. The molecular weight excluding hydrogens is 409 g/mol. The number of nitrogens with zero attached hydrogens (tertiary/aromatic N) is 3. The van der Waals surface area contributed by atoms with Gasteiger partial charge in [0, 0.05) is 30.3 Å². The van der Waals surface area contributed by atoms with Gasteiger partial charge in [0.15, 0.2) is 5.69 Å². The number of carbonyl (C=O) groups is 1. The molecule has 2 aromatic rings. The summed E-state index contributed by atoms with van der Waals surface area (Å²) in [5, 5.41) is 6.95. The van der Waals surface area contributed by atoms with Crippen LogP contribution in [-0.2, 0) is 6.18 Å². The van der Waals surface area contributed by atoms with Gasteiger partial charge < -0.3 is 10.2 Å². The number of amides is 1. The Morgan fingerprint density at radius 1 is 1.23 bits per heavy atom. The van der Waals surface area contributed by atoms with Crippen molar-refractivity contribution in [2.24, 2.45) is 5.41 Å². The zero-order valence-electron chi connectivity index (χ0n) is 17.9. The van der Waals surface area contributed by atoms with Crippen molar-refractivity contribution in [1.29, 1.82) is 0 Å². The third-order valence-electron chi connectivity index (χ3n) is 5.68. The van der Waals surface area contributed by atoms with E-state index in [0.29, 0.717) is 12.2 Å². The van der Waals surface area contributed by atoms with Crippen LogP contribution >= 0.6 is 0 Å². The van der Waals surface area contributed by atoms with E-state index in [9.17, 15) is 22.8 Å². The zero-order valence-corrected chi connectivity index (χ0v) is 17.9. The van der Waals surface area contributed by atoms with E-state index in [1.54, 1.807) is 6.92 Å². The molecule has 1 heterocycles. The highest BCUT2D eigenvalue weighted by atomic mass is 19.4. The Bertz CT molecular complexity index is 1010. The molecule has 0 bridgehead atoms. The first-order valence-corrected chi connectivity index (χ1v) is 10.2. The van der Waals surface area contributed by atoms with Crippen LogP contribution < -0.4 is 10.7 Å². The Labute approximate surface area is 179 Å². The summed E-state index contributed by atoms with van der Waals surface area (Å²) in [6.07, 6.45) is -0.350. The smallest absolute Gasteiger partial charge is 0.350 e. The number of hydrogen-bond acceptors (Lipinski definition) is 4. The number of aromatic nitrogens is 2. The van der Waals surface area contributed by atoms with E-state index in [4.69, 9.17) is 0 Å². The van der Waals surface area contributed by atoms with E-state index in [0.717, 1.165) is 44.4 Å². The van der Waals surface area contributed by atoms with Gasteiger partial charge in [-0.1, -0.05) is 18.9 Å². The summed E-state index contributed by atoms with van der Waals surface area (Å²) in [6.45, 7) is 2.80. The average Bonchev–Trinajstić information content (AvgIpc) is 3.13. The predicted molar refractivity (Wildman–Crippen MR) is 111 cm³/mol. The molecule has 1 fully saturated rings. The number of aryl methyl sites for hydroxylation is 1. The van der Waals surface area contributed by atoms with E-state index in [1.165, 1.54) is 22.9 Å².